The molecule has 0 saturated heterocycles. The quantitative estimate of drug-likeness (QED) is 0.521. The van der Waals surface area contributed by atoms with E-state index in [9.17, 15) is 9.18 Å². The Morgan fingerprint density at radius 2 is 2.00 bits per heavy atom. The number of amides is 1. The molecule has 0 radical (unpaired) electrons. The van der Waals surface area contributed by atoms with Gasteiger partial charge in [-0.2, -0.15) is 0 Å². The number of ether oxygens (including phenoxy) is 1. The summed E-state index contributed by atoms with van der Waals surface area (Å²) in [4.78, 5) is 30.5. The van der Waals surface area contributed by atoms with Gasteiger partial charge in [-0.15, -0.1) is 0 Å². The molecule has 0 aliphatic heterocycles. The van der Waals surface area contributed by atoms with E-state index in [1.807, 2.05) is 33.3 Å². The molecule has 1 amide bonds. The van der Waals surface area contributed by atoms with E-state index in [0.717, 1.165) is 37.1 Å². The van der Waals surface area contributed by atoms with Crippen molar-refractivity contribution in [2.75, 3.05) is 51.1 Å². The lowest BCUT2D eigenvalue weighted by molar-refractivity contribution is -0.114. The fourth-order valence-electron chi connectivity index (χ4n) is 3.87. The Bertz CT molecular complexity index is 1170. The molecule has 4 rings (SSSR count). The second kappa shape index (κ2) is 10.6. The Kier molecular flexibility index (Phi) is 7.32. The van der Waals surface area contributed by atoms with Gasteiger partial charge in [0, 0.05) is 42.8 Å². The Morgan fingerprint density at radius 3 is 2.79 bits per heavy atom. The van der Waals surface area contributed by atoms with Crippen molar-refractivity contribution in [1.82, 2.24) is 19.9 Å². The van der Waals surface area contributed by atoms with Crippen LogP contribution in [0.3, 0.4) is 0 Å². The van der Waals surface area contributed by atoms with Crippen LogP contribution in [-0.2, 0) is 17.6 Å². The summed E-state index contributed by atoms with van der Waals surface area (Å²) in [5.74, 6) is 1.28. The molecule has 0 bridgehead atoms. The SMILES string of the molecule is CN(C)CCOc1ccnc(-c2nc3c(c(N(C)CC(=O)Nc4cccc(F)c4)n2)CCC3)c1. The zero-order valence-corrected chi connectivity index (χ0v) is 19.7. The molecule has 0 saturated carbocycles. The van der Waals surface area contributed by atoms with E-state index >= 15 is 0 Å². The van der Waals surface area contributed by atoms with Crippen LogP contribution in [0.4, 0.5) is 15.9 Å². The van der Waals surface area contributed by atoms with Gasteiger partial charge in [0.2, 0.25) is 5.91 Å². The average Bonchev–Trinajstić information content (AvgIpc) is 3.27. The number of nitrogens with one attached hydrogen (secondary N) is 1. The first-order valence-corrected chi connectivity index (χ1v) is 11.3. The summed E-state index contributed by atoms with van der Waals surface area (Å²) in [6, 6.07) is 9.49. The number of fused-ring (bicyclic) bond motifs is 1. The minimum atomic E-state index is -0.398. The predicted molar refractivity (Wildman–Crippen MR) is 130 cm³/mol. The van der Waals surface area contributed by atoms with Crippen LogP contribution in [-0.4, -0.2) is 66.6 Å². The van der Waals surface area contributed by atoms with Gasteiger partial charge in [0.15, 0.2) is 5.82 Å². The number of anilines is 2. The van der Waals surface area contributed by atoms with Crippen LogP contribution in [0, 0.1) is 5.82 Å². The highest BCUT2D eigenvalue weighted by atomic mass is 19.1. The number of aromatic nitrogens is 3. The summed E-state index contributed by atoms with van der Waals surface area (Å²) in [5, 5.41) is 2.74. The molecule has 0 fully saturated rings. The maximum absolute atomic E-state index is 13.4. The van der Waals surface area contributed by atoms with Gasteiger partial charge in [0.25, 0.3) is 0 Å². The lowest BCUT2D eigenvalue weighted by Gasteiger charge is -2.21. The van der Waals surface area contributed by atoms with Crippen LogP contribution >= 0.6 is 0 Å². The van der Waals surface area contributed by atoms with Crippen molar-refractivity contribution in [3.05, 3.63) is 59.7 Å². The third-order valence-electron chi connectivity index (χ3n) is 5.53. The second-order valence-corrected chi connectivity index (χ2v) is 8.59. The highest BCUT2D eigenvalue weighted by Crippen LogP contribution is 2.31. The molecule has 1 aliphatic rings. The summed E-state index contributed by atoms with van der Waals surface area (Å²) in [6.45, 7) is 1.44. The van der Waals surface area contributed by atoms with Crippen molar-refractivity contribution < 1.29 is 13.9 Å². The molecule has 0 spiro atoms. The lowest BCUT2D eigenvalue weighted by atomic mass is 10.2. The number of hydrogen-bond acceptors (Lipinski definition) is 7. The van der Waals surface area contributed by atoms with Gasteiger partial charge in [0.1, 0.15) is 29.7 Å². The number of benzene rings is 1. The lowest BCUT2D eigenvalue weighted by Crippen LogP contribution is -2.31. The number of nitrogens with zero attached hydrogens (tertiary/aromatic N) is 5. The Morgan fingerprint density at radius 1 is 1.15 bits per heavy atom. The molecule has 9 heteroatoms. The molecule has 2 aromatic heterocycles. The second-order valence-electron chi connectivity index (χ2n) is 8.59. The number of rotatable bonds is 9. The Labute approximate surface area is 198 Å². The number of carbonyl (C=O) groups excluding carboxylic acids is 1. The predicted octanol–water partition coefficient (Wildman–Crippen LogP) is 3.18. The highest BCUT2D eigenvalue weighted by Gasteiger charge is 2.23. The van der Waals surface area contributed by atoms with Gasteiger partial charge >= 0.3 is 0 Å². The van der Waals surface area contributed by atoms with Crippen molar-refractivity contribution in [1.29, 1.82) is 0 Å². The number of carbonyl (C=O) groups is 1. The fraction of sp³-hybridized carbons (Fsp3) is 0.360. The van der Waals surface area contributed by atoms with Gasteiger partial charge in [0.05, 0.1) is 6.54 Å². The van der Waals surface area contributed by atoms with E-state index in [4.69, 9.17) is 14.7 Å². The van der Waals surface area contributed by atoms with Gasteiger partial charge in [-0.3, -0.25) is 9.78 Å². The van der Waals surface area contributed by atoms with E-state index in [1.54, 1.807) is 23.2 Å². The van der Waals surface area contributed by atoms with Gasteiger partial charge in [-0.1, -0.05) is 6.07 Å². The molecule has 0 atom stereocenters. The molecule has 8 nitrogen and oxygen atoms in total. The standard InChI is InChI=1S/C25H29FN6O2/c1-31(2)12-13-34-19-10-11-27-22(15-19)24-29-21-9-5-8-20(21)25(30-24)32(3)16-23(33)28-18-7-4-6-17(26)14-18/h4,6-7,10-11,14-15H,5,8-9,12-13,16H2,1-3H3,(H,28,33). The van der Waals surface area contributed by atoms with Crippen molar-refractivity contribution in [2.24, 2.45) is 0 Å². The van der Waals surface area contributed by atoms with Crippen LogP contribution in [0.1, 0.15) is 17.7 Å². The molecule has 0 unspecified atom stereocenters. The first-order chi connectivity index (χ1) is 16.4. The molecule has 3 aromatic rings. The smallest absolute Gasteiger partial charge is 0.243 e. The van der Waals surface area contributed by atoms with Gasteiger partial charge < -0.3 is 19.9 Å². The van der Waals surface area contributed by atoms with E-state index in [-0.39, 0.29) is 12.5 Å². The van der Waals surface area contributed by atoms with E-state index < -0.39 is 5.82 Å². The fourth-order valence-corrected chi connectivity index (χ4v) is 3.87. The first kappa shape index (κ1) is 23.6. The Balaban J connectivity index is 1.53. The van der Waals surface area contributed by atoms with E-state index in [2.05, 4.69) is 15.2 Å². The summed E-state index contributed by atoms with van der Waals surface area (Å²) >= 11 is 0. The Hall–Kier alpha value is -3.59. The van der Waals surface area contributed by atoms with E-state index in [1.165, 1.54) is 12.1 Å². The van der Waals surface area contributed by atoms with Crippen molar-refractivity contribution >= 4 is 17.4 Å². The zero-order valence-electron chi connectivity index (χ0n) is 19.7. The minimum absolute atomic E-state index is 0.0700. The normalized spacial score (nSPS) is 12.5. The molecule has 1 aromatic carbocycles. The number of halogens is 1. The molecule has 1 aliphatic carbocycles. The van der Waals surface area contributed by atoms with Crippen LogP contribution in [0.15, 0.2) is 42.6 Å². The number of pyridine rings is 1. The summed E-state index contributed by atoms with van der Waals surface area (Å²) in [6.07, 6.45) is 4.40. The maximum atomic E-state index is 13.4. The third kappa shape index (κ3) is 5.85. The van der Waals surface area contributed by atoms with Crippen molar-refractivity contribution in [3.63, 3.8) is 0 Å². The van der Waals surface area contributed by atoms with Gasteiger partial charge in [-0.25, -0.2) is 14.4 Å². The molecular weight excluding hydrogens is 435 g/mol. The first-order valence-electron chi connectivity index (χ1n) is 11.3. The highest BCUT2D eigenvalue weighted by molar-refractivity contribution is 5.94. The molecule has 1 N–H and O–H groups in total. The monoisotopic (exact) mass is 464 g/mol. The minimum Gasteiger partial charge on any atom is -0.492 e. The van der Waals surface area contributed by atoms with Crippen molar-refractivity contribution in [2.45, 2.75) is 19.3 Å². The third-order valence-corrected chi connectivity index (χ3v) is 5.53. The zero-order chi connectivity index (χ0) is 24.1. The molecule has 34 heavy (non-hydrogen) atoms. The number of hydrogen-bond donors (Lipinski definition) is 1. The van der Waals surface area contributed by atoms with Crippen LogP contribution in [0.2, 0.25) is 0 Å². The summed E-state index contributed by atoms with van der Waals surface area (Å²) < 4.78 is 19.3. The number of aryl methyl sites for hydroxylation is 1. The topological polar surface area (TPSA) is 83.5 Å². The van der Waals surface area contributed by atoms with Crippen LogP contribution < -0.4 is 15.0 Å². The summed E-state index contributed by atoms with van der Waals surface area (Å²) in [7, 11) is 5.82. The van der Waals surface area contributed by atoms with E-state index in [0.29, 0.717) is 35.4 Å². The summed E-state index contributed by atoms with van der Waals surface area (Å²) in [5.41, 5.74) is 3.08. The van der Waals surface area contributed by atoms with Crippen molar-refractivity contribution in [3.8, 4) is 17.3 Å². The van der Waals surface area contributed by atoms with Crippen LogP contribution in [0.5, 0.6) is 5.75 Å². The molecule has 178 valence electrons. The van der Waals surface area contributed by atoms with Crippen LogP contribution in [0.25, 0.3) is 11.5 Å². The molecular formula is C25H29FN6O2. The average molecular weight is 465 g/mol. The number of likely N-dealkylation sites (N-methyl/N-ethyl adjacent to an activating group) is 2. The molecule has 2 heterocycles. The van der Waals surface area contributed by atoms with Gasteiger partial charge in [-0.05, 0) is 57.6 Å². The largest absolute Gasteiger partial charge is 0.492 e. The maximum Gasteiger partial charge on any atom is 0.243 e.